The maximum Gasteiger partial charge on any atom is 0.393 e. The summed E-state index contributed by atoms with van der Waals surface area (Å²) in [6, 6.07) is 10.1. The summed E-state index contributed by atoms with van der Waals surface area (Å²) in [6.07, 6.45) is 0.117. The number of nitrogens with zero attached hydrogens (tertiary/aromatic N) is 4. The fraction of sp³-hybridized carbons (Fsp3) is 0.273. The van der Waals surface area contributed by atoms with Crippen LogP contribution >= 0.6 is 0 Å². The molecule has 3 aromatic rings. The van der Waals surface area contributed by atoms with E-state index in [4.69, 9.17) is 0 Å². The molecule has 0 saturated carbocycles. The van der Waals surface area contributed by atoms with Gasteiger partial charge in [0.25, 0.3) is 5.91 Å². The van der Waals surface area contributed by atoms with Crippen LogP contribution in [0, 0.1) is 17.7 Å². The van der Waals surface area contributed by atoms with Crippen molar-refractivity contribution in [3.63, 3.8) is 0 Å². The number of hydrogen-bond acceptors (Lipinski definition) is 5. The van der Waals surface area contributed by atoms with Crippen molar-refractivity contribution >= 4 is 17.5 Å². The minimum Gasteiger partial charge on any atom is -0.340 e. The molecule has 4 rings (SSSR count). The molecule has 2 aromatic heterocycles. The first-order valence-electron chi connectivity index (χ1n) is 9.90. The van der Waals surface area contributed by atoms with Gasteiger partial charge in [0.15, 0.2) is 0 Å². The van der Waals surface area contributed by atoms with Crippen molar-refractivity contribution < 1.29 is 22.4 Å². The highest BCUT2D eigenvalue weighted by Gasteiger charge is 2.50. The average molecular weight is 445 g/mol. The average Bonchev–Trinajstić information content (AvgIpc) is 3.21. The van der Waals surface area contributed by atoms with Crippen molar-refractivity contribution in [2.75, 3.05) is 23.3 Å². The van der Waals surface area contributed by atoms with E-state index < -0.39 is 29.7 Å². The smallest absolute Gasteiger partial charge is 0.340 e. The summed E-state index contributed by atoms with van der Waals surface area (Å²) in [7, 11) is 0. The van der Waals surface area contributed by atoms with E-state index in [1.807, 2.05) is 0 Å². The molecule has 0 radical (unpaired) electrons. The number of carbonyl (C=O) groups excluding carboxylic acids is 1. The van der Waals surface area contributed by atoms with Crippen molar-refractivity contribution in [2.45, 2.75) is 12.6 Å². The van der Waals surface area contributed by atoms with Gasteiger partial charge < -0.3 is 10.2 Å². The molecule has 0 aliphatic carbocycles. The summed E-state index contributed by atoms with van der Waals surface area (Å²) in [5.41, 5.74) is 1.18. The Morgan fingerprint density at radius 3 is 2.44 bits per heavy atom. The molecule has 166 valence electrons. The van der Waals surface area contributed by atoms with E-state index in [1.165, 1.54) is 53.8 Å². The first-order valence-corrected chi connectivity index (χ1v) is 9.90. The fourth-order valence-corrected chi connectivity index (χ4v) is 3.79. The second-order valence-electron chi connectivity index (χ2n) is 7.58. The minimum atomic E-state index is -4.41. The summed E-state index contributed by atoms with van der Waals surface area (Å²) in [6.45, 7) is -0.248. The normalized spacial score (nSPS) is 18.6. The molecule has 6 nitrogen and oxygen atoms in total. The fourth-order valence-electron chi connectivity index (χ4n) is 3.79. The first-order chi connectivity index (χ1) is 15.3. The zero-order valence-corrected chi connectivity index (χ0v) is 16.8. The molecule has 3 heterocycles. The molecule has 1 aliphatic heterocycles. The van der Waals surface area contributed by atoms with Gasteiger partial charge in [-0.15, -0.1) is 0 Å². The summed E-state index contributed by atoms with van der Waals surface area (Å²) < 4.78 is 54.3. The largest absolute Gasteiger partial charge is 0.393 e. The van der Waals surface area contributed by atoms with E-state index in [9.17, 15) is 22.4 Å². The zero-order chi connectivity index (χ0) is 22.7. The third-order valence-electron chi connectivity index (χ3n) is 5.37. The predicted octanol–water partition coefficient (Wildman–Crippen LogP) is 4.12. The van der Waals surface area contributed by atoms with Crippen molar-refractivity contribution in [3.05, 3.63) is 78.1 Å². The molecular weight excluding hydrogens is 426 g/mol. The van der Waals surface area contributed by atoms with Crippen LogP contribution in [-0.4, -0.2) is 40.1 Å². The summed E-state index contributed by atoms with van der Waals surface area (Å²) in [5, 5.41) is 2.66. The number of amides is 1. The number of hydrogen-bond donors (Lipinski definition) is 1. The molecule has 1 fully saturated rings. The zero-order valence-electron chi connectivity index (χ0n) is 16.8. The van der Waals surface area contributed by atoms with Crippen LogP contribution in [0.15, 0.2) is 61.1 Å². The number of benzene rings is 1. The Morgan fingerprint density at radius 2 is 1.75 bits per heavy atom. The summed E-state index contributed by atoms with van der Waals surface area (Å²) >= 11 is 0. The molecule has 0 bridgehead atoms. The van der Waals surface area contributed by atoms with Crippen molar-refractivity contribution in [2.24, 2.45) is 11.8 Å². The Bertz CT molecular complexity index is 1080. The molecular formula is C22H19F4N5O. The lowest BCUT2D eigenvalue weighted by Gasteiger charge is -2.20. The maximum absolute atomic E-state index is 13.7. The number of anilines is 2. The van der Waals surface area contributed by atoms with Crippen LogP contribution in [0.1, 0.15) is 16.1 Å². The van der Waals surface area contributed by atoms with Crippen LogP contribution < -0.4 is 10.2 Å². The van der Waals surface area contributed by atoms with Gasteiger partial charge >= 0.3 is 6.18 Å². The molecule has 32 heavy (non-hydrogen) atoms. The van der Waals surface area contributed by atoms with E-state index >= 15 is 0 Å². The highest BCUT2D eigenvalue weighted by Crippen LogP contribution is 2.40. The van der Waals surface area contributed by atoms with Crippen LogP contribution in [-0.2, 0) is 6.42 Å². The lowest BCUT2D eigenvalue weighted by Crippen LogP contribution is -2.31. The highest BCUT2D eigenvalue weighted by atomic mass is 19.4. The van der Waals surface area contributed by atoms with Crippen LogP contribution in [0.4, 0.5) is 29.2 Å². The predicted molar refractivity (Wildman–Crippen MR) is 110 cm³/mol. The number of pyridine rings is 1. The van der Waals surface area contributed by atoms with Crippen molar-refractivity contribution in [1.82, 2.24) is 15.0 Å². The van der Waals surface area contributed by atoms with Crippen LogP contribution in [0.2, 0.25) is 0 Å². The number of carbonyl (C=O) groups is 1. The number of alkyl halides is 3. The minimum absolute atomic E-state index is 0.0392. The standard InChI is InChI=1S/C22H19F4N5O/c23-16-3-1-14(2-4-16)11-15-12-31(13-18(15)22(24,25)26)21-28-10-7-19(30-21)20(32)29-17-5-8-27-9-6-17/h1-10,15,18H,11-13H2,(H,27,29,32)/t15-,18?/m0/s1. The topological polar surface area (TPSA) is 71.0 Å². The van der Waals surface area contributed by atoms with Gasteiger partial charge in [0.1, 0.15) is 11.5 Å². The van der Waals surface area contributed by atoms with E-state index in [2.05, 4.69) is 20.3 Å². The molecule has 1 aromatic carbocycles. The molecule has 0 spiro atoms. The van der Waals surface area contributed by atoms with Crippen molar-refractivity contribution in [3.8, 4) is 0 Å². The number of halogens is 4. The van der Waals surface area contributed by atoms with E-state index in [-0.39, 0.29) is 31.2 Å². The van der Waals surface area contributed by atoms with Gasteiger partial charge in [-0.05, 0) is 48.2 Å². The Kier molecular flexibility index (Phi) is 6.02. The van der Waals surface area contributed by atoms with Crippen molar-refractivity contribution in [1.29, 1.82) is 0 Å². The third-order valence-corrected chi connectivity index (χ3v) is 5.37. The molecule has 10 heteroatoms. The Hall–Kier alpha value is -3.56. The monoisotopic (exact) mass is 445 g/mol. The van der Waals surface area contributed by atoms with E-state index in [1.54, 1.807) is 12.1 Å². The first kappa shape index (κ1) is 21.7. The van der Waals surface area contributed by atoms with Gasteiger partial charge in [0.05, 0.1) is 5.92 Å². The Balaban J connectivity index is 1.52. The molecule has 1 saturated heterocycles. The Labute approximate surface area is 181 Å². The highest BCUT2D eigenvalue weighted by molar-refractivity contribution is 6.02. The second kappa shape index (κ2) is 8.89. The number of aromatic nitrogens is 3. The molecule has 1 amide bonds. The number of nitrogens with one attached hydrogen (secondary N) is 1. The van der Waals surface area contributed by atoms with Gasteiger partial charge in [0, 0.05) is 37.4 Å². The van der Waals surface area contributed by atoms with Crippen LogP contribution in [0.5, 0.6) is 0 Å². The summed E-state index contributed by atoms with van der Waals surface area (Å²) in [4.78, 5) is 26.1. The molecule has 2 atom stereocenters. The quantitative estimate of drug-likeness (QED) is 0.599. The second-order valence-corrected chi connectivity index (χ2v) is 7.58. The Morgan fingerprint density at radius 1 is 1.03 bits per heavy atom. The molecule has 1 aliphatic rings. The van der Waals surface area contributed by atoms with Gasteiger partial charge in [-0.1, -0.05) is 12.1 Å². The van der Waals surface area contributed by atoms with Gasteiger partial charge in [-0.3, -0.25) is 9.78 Å². The van der Waals surface area contributed by atoms with Crippen LogP contribution in [0.3, 0.4) is 0 Å². The van der Waals surface area contributed by atoms with Gasteiger partial charge in [0.2, 0.25) is 5.95 Å². The van der Waals surface area contributed by atoms with Gasteiger partial charge in [-0.2, -0.15) is 13.2 Å². The molecule has 1 unspecified atom stereocenters. The van der Waals surface area contributed by atoms with E-state index in [0.29, 0.717) is 11.3 Å². The number of rotatable bonds is 5. The lowest BCUT2D eigenvalue weighted by atomic mass is 9.89. The maximum atomic E-state index is 13.7. The lowest BCUT2D eigenvalue weighted by molar-refractivity contribution is -0.178. The van der Waals surface area contributed by atoms with Crippen LogP contribution in [0.25, 0.3) is 0 Å². The molecule has 1 N–H and O–H groups in total. The summed E-state index contributed by atoms with van der Waals surface area (Å²) in [5.74, 6) is -3.23. The van der Waals surface area contributed by atoms with Gasteiger partial charge in [-0.25, -0.2) is 14.4 Å². The third kappa shape index (κ3) is 5.01. The SMILES string of the molecule is O=C(Nc1ccncc1)c1ccnc(N2CC(C(F)(F)F)[C@@H](Cc3ccc(F)cc3)C2)n1. The van der Waals surface area contributed by atoms with E-state index in [0.717, 1.165) is 0 Å².